The second-order valence-corrected chi connectivity index (χ2v) is 13.6. The third kappa shape index (κ3) is 9.04. The molecule has 0 aromatic heterocycles. The first-order chi connectivity index (χ1) is 28.0. The molecule has 0 bridgehead atoms. The first-order valence-corrected chi connectivity index (χ1v) is 18.3. The first-order valence-electron chi connectivity index (χ1n) is 17.9. The van der Waals surface area contributed by atoms with Crippen LogP contribution in [0, 0.1) is 0 Å². The van der Waals surface area contributed by atoms with Crippen molar-refractivity contribution in [1.82, 2.24) is 10.6 Å². The summed E-state index contributed by atoms with van der Waals surface area (Å²) in [5.74, 6) is -1.26. The molecule has 0 saturated heterocycles. The van der Waals surface area contributed by atoms with Crippen LogP contribution in [0.2, 0.25) is 0 Å². The minimum Gasteiger partial charge on any atom is -0.508 e. The molecule has 290 valence electrons. The number of anilines is 3. The molecule has 1 aliphatic carbocycles. The number of nitrogen functional groups attached to an aromatic ring is 1. The van der Waals surface area contributed by atoms with Gasteiger partial charge < -0.3 is 46.4 Å². The van der Waals surface area contributed by atoms with Crippen molar-refractivity contribution in [3.8, 4) is 28.2 Å². The molecule has 1 aliphatic heterocycles. The number of fused-ring (bicyclic) bond motifs is 2. The predicted octanol–water partition coefficient (Wildman–Crippen LogP) is 7.72. The predicted molar refractivity (Wildman–Crippen MR) is 225 cm³/mol. The van der Waals surface area contributed by atoms with Crippen molar-refractivity contribution in [2.75, 3.05) is 16.4 Å². The van der Waals surface area contributed by atoms with Crippen molar-refractivity contribution in [2.45, 2.75) is 19.7 Å². The number of nitrogens with one attached hydrogen (secondary N) is 4. The van der Waals surface area contributed by atoms with E-state index in [0.717, 1.165) is 16.7 Å². The summed E-state index contributed by atoms with van der Waals surface area (Å²) in [6, 6.07) is 34.9. The van der Waals surface area contributed by atoms with E-state index in [1.165, 1.54) is 30.3 Å². The van der Waals surface area contributed by atoms with Gasteiger partial charge in [0, 0.05) is 53.0 Å². The van der Waals surface area contributed by atoms with Gasteiger partial charge in [-0.25, -0.2) is 9.59 Å². The molecule has 58 heavy (non-hydrogen) atoms. The molecule has 0 spiro atoms. The van der Waals surface area contributed by atoms with Gasteiger partial charge in [-0.3, -0.25) is 9.59 Å². The largest absolute Gasteiger partial charge is 0.508 e. The molecular formula is C44H35N5O8S. The van der Waals surface area contributed by atoms with Crippen LogP contribution in [-0.4, -0.2) is 33.3 Å². The molecule has 0 unspecified atom stereocenters. The first kappa shape index (κ1) is 38.6. The lowest BCUT2D eigenvalue weighted by Gasteiger charge is -2.18. The number of benzene rings is 6. The van der Waals surface area contributed by atoms with Gasteiger partial charge in [0.1, 0.15) is 23.7 Å². The van der Waals surface area contributed by atoms with E-state index in [2.05, 4.69) is 21.3 Å². The van der Waals surface area contributed by atoms with E-state index in [4.69, 9.17) is 27.1 Å². The number of phenols is 1. The molecule has 0 atom stereocenters. The Kier molecular flexibility index (Phi) is 11.3. The van der Waals surface area contributed by atoms with E-state index >= 15 is 0 Å². The Bertz CT molecular complexity index is 2720. The molecule has 0 fully saturated rings. The SMILES string of the molecule is Nc1ccccc1NC(=O)c1ccc(CNC(=O)OCc2ccc(CNC(=S)Nc3ccc(-c4c5ccc(=O)cc-5oc5cc(O)ccc45)c(C(=O)O)c3)cc2)cc1. The highest BCUT2D eigenvalue weighted by molar-refractivity contribution is 7.80. The Morgan fingerprint density at radius 3 is 2.17 bits per heavy atom. The van der Waals surface area contributed by atoms with E-state index in [-0.39, 0.29) is 52.3 Å². The Morgan fingerprint density at radius 1 is 0.741 bits per heavy atom. The summed E-state index contributed by atoms with van der Waals surface area (Å²) < 4.78 is 11.3. The molecule has 7 rings (SSSR count). The monoisotopic (exact) mass is 793 g/mol. The zero-order chi connectivity index (χ0) is 40.8. The van der Waals surface area contributed by atoms with Crippen LogP contribution in [0.5, 0.6) is 5.75 Å². The van der Waals surface area contributed by atoms with Gasteiger partial charge in [0.05, 0.1) is 16.9 Å². The van der Waals surface area contributed by atoms with Crippen molar-refractivity contribution in [1.29, 1.82) is 0 Å². The van der Waals surface area contributed by atoms with E-state index in [0.29, 0.717) is 51.2 Å². The number of carboxylic acids is 1. The number of aromatic hydroxyl groups is 1. The minimum absolute atomic E-state index is 0.0155. The molecule has 8 N–H and O–H groups in total. The van der Waals surface area contributed by atoms with E-state index in [1.54, 1.807) is 72.8 Å². The number of rotatable bonds is 11. The van der Waals surface area contributed by atoms with Gasteiger partial charge in [0.2, 0.25) is 0 Å². The van der Waals surface area contributed by atoms with Crippen LogP contribution in [0.1, 0.15) is 37.4 Å². The highest BCUT2D eigenvalue weighted by Gasteiger charge is 2.22. The Hall–Kier alpha value is -7.71. The van der Waals surface area contributed by atoms with Gasteiger partial charge in [-0.05, 0) is 95.1 Å². The summed E-state index contributed by atoms with van der Waals surface area (Å²) in [6.45, 7) is 0.619. The van der Waals surface area contributed by atoms with Gasteiger partial charge >= 0.3 is 12.1 Å². The number of amides is 2. The van der Waals surface area contributed by atoms with E-state index in [1.807, 2.05) is 24.3 Å². The van der Waals surface area contributed by atoms with Crippen LogP contribution in [0.3, 0.4) is 0 Å². The number of nitrogens with two attached hydrogens (primary N) is 1. The molecule has 0 saturated carbocycles. The highest BCUT2D eigenvalue weighted by Crippen LogP contribution is 2.42. The maximum Gasteiger partial charge on any atom is 0.407 e. The average molecular weight is 794 g/mol. The van der Waals surface area contributed by atoms with Crippen LogP contribution in [0.4, 0.5) is 21.9 Å². The van der Waals surface area contributed by atoms with Crippen molar-refractivity contribution in [3.05, 3.63) is 165 Å². The molecule has 14 heteroatoms. The number of hydrogen-bond acceptors (Lipinski definition) is 9. The molecule has 13 nitrogen and oxygen atoms in total. The van der Waals surface area contributed by atoms with E-state index < -0.39 is 12.1 Å². The Morgan fingerprint density at radius 2 is 1.43 bits per heavy atom. The number of thiocarbonyl (C=S) groups is 1. The Balaban J connectivity index is 0.905. The maximum atomic E-state index is 12.6. The zero-order valence-electron chi connectivity index (χ0n) is 30.6. The third-order valence-electron chi connectivity index (χ3n) is 9.16. The third-order valence-corrected chi connectivity index (χ3v) is 9.41. The Labute approximate surface area is 336 Å². The smallest absolute Gasteiger partial charge is 0.407 e. The summed E-state index contributed by atoms with van der Waals surface area (Å²) in [5.41, 5.74) is 11.7. The van der Waals surface area contributed by atoms with Gasteiger partial charge in [-0.15, -0.1) is 0 Å². The minimum atomic E-state index is -1.18. The summed E-state index contributed by atoms with van der Waals surface area (Å²) in [7, 11) is 0. The lowest BCUT2D eigenvalue weighted by Crippen LogP contribution is -2.28. The molecule has 2 aliphatic rings. The second-order valence-electron chi connectivity index (χ2n) is 13.2. The van der Waals surface area contributed by atoms with Crippen molar-refractivity contribution in [2.24, 2.45) is 0 Å². The lowest BCUT2D eigenvalue weighted by molar-refractivity contribution is 0.0697. The molecule has 2 amide bonds. The standard InChI is InChI=1S/C44H35N5O8S/c45-36-3-1-2-4-37(36)49-41(52)28-11-9-26(10-12-28)23-47-44(55)56-24-27-7-5-25(6-8-27)22-46-43(58)48-29-13-16-32(35(19-29)42(53)54)40-33-17-14-30(50)20-38(33)57-39-21-31(51)15-18-34(39)40/h1-21,50H,22-24,45H2,(H,47,55)(H,49,52)(H,53,54)(H2,46,48,58). The van der Waals surface area contributed by atoms with Crippen molar-refractivity contribution >= 4 is 63.3 Å². The number of carbonyl (C=O) groups is 3. The number of aromatic carboxylic acids is 1. The van der Waals surface area contributed by atoms with Crippen LogP contribution >= 0.6 is 12.2 Å². The quantitative estimate of drug-likeness (QED) is 0.0382. The van der Waals surface area contributed by atoms with Crippen LogP contribution in [-0.2, 0) is 24.4 Å². The average Bonchev–Trinajstić information content (AvgIpc) is 3.21. The highest BCUT2D eigenvalue weighted by atomic mass is 32.1. The molecule has 1 heterocycles. The lowest BCUT2D eigenvalue weighted by atomic mass is 9.90. The van der Waals surface area contributed by atoms with Gasteiger partial charge in [-0.1, -0.05) is 54.6 Å². The van der Waals surface area contributed by atoms with Crippen molar-refractivity contribution in [3.63, 3.8) is 0 Å². The zero-order valence-corrected chi connectivity index (χ0v) is 31.4. The number of phenolic OH excluding ortho intramolecular Hbond substituents is 1. The molecular weight excluding hydrogens is 759 g/mol. The van der Waals surface area contributed by atoms with Gasteiger partial charge in [0.25, 0.3) is 5.91 Å². The maximum absolute atomic E-state index is 12.6. The number of ether oxygens (including phenoxy) is 1. The van der Waals surface area contributed by atoms with Crippen molar-refractivity contribution < 1.29 is 33.8 Å². The van der Waals surface area contributed by atoms with Crippen LogP contribution in [0.25, 0.3) is 33.4 Å². The number of carboxylic acid groups (broad SMARTS) is 1. The number of carbonyl (C=O) groups excluding carboxylic acids is 2. The number of hydrogen-bond donors (Lipinski definition) is 7. The van der Waals surface area contributed by atoms with Gasteiger partial charge in [0.15, 0.2) is 10.5 Å². The fraction of sp³-hybridized carbons (Fsp3) is 0.0682. The fourth-order valence-corrected chi connectivity index (χ4v) is 6.42. The summed E-state index contributed by atoms with van der Waals surface area (Å²) >= 11 is 5.50. The number of alkyl carbamates (subject to hydrolysis) is 1. The van der Waals surface area contributed by atoms with E-state index in [9.17, 15) is 29.4 Å². The van der Waals surface area contributed by atoms with Crippen LogP contribution < -0.4 is 32.4 Å². The normalized spacial score (nSPS) is 10.8. The second kappa shape index (κ2) is 17.0. The number of para-hydroxylation sites is 2. The summed E-state index contributed by atoms with van der Waals surface area (Å²) in [5, 5.41) is 32.8. The van der Waals surface area contributed by atoms with Crippen LogP contribution in [0.15, 0.2) is 137 Å². The fourth-order valence-electron chi connectivity index (χ4n) is 6.23. The molecule has 5 aromatic carbocycles. The van der Waals surface area contributed by atoms with Gasteiger partial charge in [-0.2, -0.15) is 0 Å². The molecule has 5 aromatic rings. The summed E-state index contributed by atoms with van der Waals surface area (Å²) in [6.07, 6.45) is -0.596. The topological polar surface area (TPSA) is 205 Å². The summed E-state index contributed by atoms with van der Waals surface area (Å²) in [4.78, 5) is 49.6. The molecule has 0 radical (unpaired) electrons.